The van der Waals surface area contributed by atoms with Crippen LogP contribution in [0.3, 0.4) is 0 Å². The third kappa shape index (κ3) is 9.88. The number of carbonyl (C=O) groups excluding carboxylic acids is 1. The molecular formula is C25H33BrN2O2. The number of unbranched alkanes of at least 4 members (excludes halogenated alkanes) is 2. The molecule has 0 bridgehead atoms. The second kappa shape index (κ2) is 14.6. The fraction of sp³-hybridized carbons (Fsp3) is 0.360. The number of pyridine rings is 1. The quantitative estimate of drug-likeness (QED) is 0.216. The molecule has 1 heterocycles. The zero-order valence-corrected chi connectivity index (χ0v) is 19.8. The predicted molar refractivity (Wildman–Crippen MR) is 121 cm³/mol. The number of halogens is 1. The summed E-state index contributed by atoms with van der Waals surface area (Å²) >= 11 is 0. The SMILES string of the molecule is CCOC(=O)CCCCC[n+]1ccc(/C=C/C=C/c2ccc(N(C)C)cc2)cc1.[Br-]. The topological polar surface area (TPSA) is 33.4 Å². The minimum atomic E-state index is -0.0871. The Balaban J connectivity index is 0.00000450. The molecule has 1 aromatic heterocycles. The average Bonchev–Trinajstić information content (AvgIpc) is 2.72. The van der Waals surface area contributed by atoms with Gasteiger partial charge < -0.3 is 26.6 Å². The lowest BCUT2D eigenvalue weighted by atomic mass is 10.1. The molecule has 0 aliphatic carbocycles. The van der Waals surface area contributed by atoms with Gasteiger partial charge in [0.25, 0.3) is 0 Å². The van der Waals surface area contributed by atoms with Gasteiger partial charge in [-0.25, -0.2) is 4.57 Å². The van der Waals surface area contributed by atoms with E-state index in [1.165, 1.54) is 16.8 Å². The number of allylic oxidation sites excluding steroid dienone is 2. The monoisotopic (exact) mass is 472 g/mol. The van der Waals surface area contributed by atoms with Crippen LogP contribution < -0.4 is 26.4 Å². The molecule has 0 fully saturated rings. The average molecular weight is 473 g/mol. The van der Waals surface area contributed by atoms with Gasteiger partial charge >= 0.3 is 5.97 Å². The lowest BCUT2D eigenvalue weighted by molar-refractivity contribution is -0.697. The number of hydrogen-bond acceptors (Lipinski definition) is 3. The van der Waals surface area contributed by atoms with Gasteiger partial charge in [0.1, 0.15) is 6.54 Å². The van der Waals surface area contributed by atoms with Gasteiger partial charge in [0.05, 0.1) is 6.61 Å². The van der Waals surface area contributed by atoms with Crippen molar-refractivity contribution >= 4 is 23.8 Å². The Morgan fingerprint density at radius 3 is 2.10 bits per heavy atom. The van der Waals surface area contributed by atoms with Crippen molar-refractivity contribution < 1.29 is 31.1 Å². The number of hydrogen-bond donors (Lipinski definition) is 0. The van der Waals surface area contributed by atoms with Crippen molar-refractivity contribution in [1.82, 2.24) is 0 Å². The summed E-state index contributed by atoms with van der Waals surface area (Å²) in [5.41, 5.74) is 3.57. The minimum absolute atomic E-state index is 0. The Bertz CT molecular complexity index is 797. The first-order valence-corrected chi connectivity index (χ1v) is 10.4. The molecule has 0 atom stereocenters. The molecule has 0 unspecified atom stereocenters. The van der Waals surface area contributed by atoms with Crippen LogP contribution in [0.1, 0.15) is 43.7 Å². The summed E-state index contributed by atoms with van der Waals surface area (Å²) in [6.07, 6.45) is 16.1. The third-order valence-electron chi connectivity index (χ3n) is 4.62. The second-order valence-electron chi connectivity index (χ2n) is 7.19. The molecule has 0 aliphatic rings. The maximum atomic E-state index is 11.3. The van der Waals surface area contributed by atoms with E-state index in [1.54, 1.807) is 0 Å². The van der Waals surface area contributed by atoms with Gasteiger partial charge in [0.15, 0.2) is 12.4 Å². The van der Waals surface area contributed by atoms with E-state index in [1.807, 2.05) is 21.0 Å². The van der Waals surface area contributed by atoms with Gasteiger partial charge in [-0.2, -0.15) is 0 Å². The van der Waals surface area contributed by atoms with Gasteiger partial charge in [0, 0.05) is 44.8 Å². The first-order chi connectivity index (χ1) is 14.1. The number of carbonyl (C=O) groups is 1. The Hall–Kier alpha value is -2.40. The van der Waals surface area contributed by atoms with Crippen molar-refractivity contribution in [1.29, 1.82) is 0 Å². The summed E-state index contributed by atoms with van der Waals surface area (Å²) in [4.78, 5) is 13.4. The van der Waals surface area contributed by atoms with E-state index in [2.05, 4.69) is 82.6 Å². The zero-order chi connectivity index (χ0) is 20.9. The molecule has 1 aromatic carbocycles. The van der Waals surface area contributed by atoms with E-state index in [0.29, 0.717) is 13.0 Å². The predicted octanol–water partition coefficient (Wildman–Crippen LogP) is 1.89. The summed E-state index contributed by atoms with van der Waals surface area (Å²) in [6.45, 7) is 3.28. The molecule has 0 spiro atoms. The highest BCUT2D eigenvalue weighted by atomic mass is 79.9. The van der Waals surface area contributed by atoms with Crippen molar-refractivity contribution in [2.24, 2.45) is 0 Å². The van der Waals surface area contributed by atoms with E-state index in [9.17, 15) is 4.79 Å². The summed E-state index contributed by atoms with van der Waals surface area (Å²) in [5.74, 6) is -0.0871. The number of nitrogens with zero attached hydrogens (tertiary/aromatic N) is 2. The number of esters is 1. The van der Waals surface area contributed by atoms with Crippen molar-refractivity contribution in [2.75, 3.05) is 25.6 Å². The van der Waals surface area contributed by atoms with Crippen LogP contribution in [0.5, 0.6) is 0 Å². The van der Waals surface area contributed by atoms with Crippen LogP contribution in [0, 0.1) is 0 Å². The molecule has 0 saturated heterocycles. The first-order valence-electron chi connectivity index (χ1n) is 10.4. The molecule has 0 N–H and O–H groups in total. The van der Waals surface area contributed by atoms with E-state index < -0.39 is 0 Å². The first kappa shape index (κ1) is 25.6. The van der Waals surface area contributed by atoms with Crippen molar-refractivity contribution in [3.8, 4) is 0 Å². The fourth-order valence-corrected chi connectivity index (χ4v) is 2.92. The number of aryl methyl sites for hydroxylation is 1. The molecule has 5 heteroatoms. The van der Waals surface area contributed by atoms with E-state index in [4.69, 9.17) is 4.74 Å². The molecular weight excluding hydrogens is 440 g/mol. The maximum Gasteiger partial charge on any atom is 0.305 e. The number of aromatic nitrogens is 1. The summed E-state index contributed by atoms with van der Waals surface area (Å²) < 4.78 is 7.13. The lowest BCUT2D eigenvalue weighted by Crippen LogP contribution is -3.00. The molecule has 0 radical (unpaired) electrons. The molecule has 0 amide bonds. The van der Waals surface area contributed by atoms with Crippen LogP contribution >= 0.6 is 0 Å². The smallest absolute Gasteiger partial charge is 0.305 e. The van der Waals surface area contributed by atoms with E-state index in [-0.39, 0.29) is 23.0 Å². The number of rotatable bonds is 11. The van der Waals surface area contributed by atoms with E-state index >= 15 is 0 Å². The Morgan fingerprint density at radius 1 is 0.933 bits per heavy atom. The van der Waals surface area contributed by atoms with Crippen molar-refractivity contribution in [3.63, 3.8) is 0 Å². The lowest BCUT2D eigenvalue weighted by Gasteiger charge is -2.11. The highest BCUT2D eigenvalue weighted by Gasteiger charge is 2.03. The number of benzene rings is 1. The Labute approximate surface area is 191 Å². The molecule has 162 valence electrons. The molecule has 2 aromatic rings. The van der Waals surface area contributed by atoms with Crippen LogP contribution in [0.15, 0.2) is 60.9 Å². The fourth-order valence-electron chi connectivity index (χ4n) is 2.92. The highest BCUT2D eigenvalue weighted by Crippen LogP contribution is 2.13. The largest absolute Gasteiger partial charge is 1.00 e. The van der Waals surface area contributed by atoms with Crippen LogP contribution in [-0.4, -0.2) is 26.7 Å². The molecule has 0 saturated carbocycles. The second-order valence-corrected chi connectivity index (χ2v) is 7.19. The zero-order valence-electron chi connectivity index (χ0n) is 18.3. The molecule has 30 heavy (non-hydrogen) atoms. The van der Waals surface area contributed by atoms with Gasteiger partial charge in [0.2, 0.25) is 0 Å². The highest BCUT2D eigenvalue weighted by molar-refractivity contribution is 5.69. The van der Waals surface area contributed by atoms with Crippen molar-refractivity contribution in [2.45, 2.75) is 39.2 Å². The van der Waals surface area contributed by atoms with Crippen molar-refractivity contribution in [3.05, 3.63) is 72.1 Å². The van der Waals surface area contributed by atoms with Crippen LogP contribution in [0.2, 0.25) is 0 Å². The van der Waals surface area contributed by atoms with Gasteiger partial charge in [-0.15, -0.1) is 0 Å². The summed E-state index contributed by atoms with van der Waals surface area (Å²) in [7, 11) is 4.09. The normalized spacial score (nSPS) is 10.9. The van der Waals surface area contributed by atoms with Crippen LogP contribution in [0.4, 0.5) is 5.69 Å². The van der Waals surface area contributed by atoms with Gasteiger partial charge in [-0.05, 0) is 43.0 Å². The number of ether oxygens (including phenoxy) is 1. The summed E-state index contributed by atoms with van der Waals surface area (Å²) in [5, 5.41) is 0. The molecule has 2 rings (SSSR count). The Morgan fingerprint density at radius 2 is 1.53 bits per heavy atom. The number of anilines is 1. The van der Waals surface area contributed by atoms with Gasteiger partial charge in [-0.3, -0.25) is 4.79 Å². The van der Waals surface area contributed by atoms with Gasteiger partial charge in [-0.1, -0.05) is 36.4 Å². The minimum Gasteiger partial charge on any atom is -1.00 e. The van der Waals surface area contributed by atoms with Crippen LogP contribution in [0.25, 0.3) is 12.2 Å². The Kier molecular flexibility index (Phi) is 12.4. The molecule has 4 nitrogen and oxygen atoms in total. The summed E-state index contributed by atoms with van der Waals surface area (Å²) in [6, 6.07) is 12.7. The maximum absolute atomic E-state index is 11.3. The third-order valence-corrected chi connectivity index (χ3v) is 4.62. The molecule has 0 aliphatic heterocycles. The van der Waals surface area contributed by atoms with E-state index in [0.717, 1.165) is 25.8 Å². The standard InChI is InChI=1S/C25H33N2O2.BrH/c1-4-29-25(28)12-6-5-9-19-27-20-17-23(18-21-27)11-8-7-10-22-13-15-24(16-14-22)26(2)3;/h7-8,10-11,13-18,20-21H,4-6,9,12,19H2,1-3H3;1H/q+1;/p-1. The van der Waals surface area contributed by atoms with Crippen LogP contribution in [-0.2, 0) is 16.1 Å².